The molecule has 1 aliphatic rings. The normalized spacial score (nSPS) is 12.9. The van der Waals surface area contributed by atoms with E-state index in [1.807, 2.05) is 12.1 Å². The molecule has 0 atom stereocenters. The maximum absolute atomic E-state index is 6.55. The second kappa shape index (κ2) is 13.2. The van der Waals surface area contributed by atoms with Gasteiger partial charge in [-0.2, -0.15) is 0 Å². The summed E-state index contributed by atoms with van der Waals surface area (Å²) >= 11 is 0. The van der Waals surface area contributed by atoms with Gasteiger partial charge in [0, 0.05) is 43.9 Å². The summed E-state index contributed by atoms with van der Waals surface area (Å²) in [5.74, 6) is 0.796. The lowest BCUT2D eigenvalue weighted by atomic mass is 9.97. The molecule has 0 fully saturated rings. The highest BCUT2D eigenvalue weighted by Gasteiger charge is 2.20. The molecule has 4 heteroatoms. The molecule has 4 nitrogen and oxygen atoms in total. The topological polar surface area (TPSA) is 43.9 Å². The van der Waals surface area contributed by atoms with Gasteiger partial charge in [0.15, 0.2) is 5.82 Å². The molecule has 1 aliphatic carbocycles. The molecule has 3 aromatic heterocycles. The zero-order chi connectivity index (χ0) is 37.0. The van der Waals surface area contributed by atoms with Gasteiger partial charge in [-0.1, -0.05) is 152 Å². The van der Waals surface area contributed by atoms with Crippen molar-refractivity contribution in [1.82, 2.24) is 14.5 Å². The summed E-state index contributed by atoms with van der Waals surface area (Å²) in [7, 11) is 0. The van der Waals surface area contributed by atoms with Crippen LogP contribution in [0, 0.1) is 0 Å². The molecule has 0 N–H and O–H groups in total. The largest absolute Gasteiger partial charge is 0.455 e. The molecular weight excluding hydrogens is 683 g/mol. The van der Waals surface area contributed by atoms with Crippen molar-refractivity contribution in [1.29, 1.82) is 0 Å². The second-order valence-corrected chi connectivity index (χ2v) is 14.5. The number of benzene rings is 7. The molecule has 0 saturated heterocycles. The quantitative estimate of drug-likeness (QED) is 0.172. The summed E-state index contributed by atoms with van der Waals surface area (Å²) in [6, 6.07) is 60.3. The molecule has 0 spiro atoms. The van der Waals surface area contributed by atoms with E-state index >= 15 is 0 Å². The van der Waals surface area contributed by atoms with E-state index in [9.17, 15) is 0 Å². The van der Waals surface area contributed by atoms with Gasteiger partial charge >= 0.3 is 0 Å². The molecule has 0 amide bonds. The predicted molar refractivity (Wildman–Crippen MR) is 232 cm³/mol. The van der Waals surface area contributed by atoms with Crippen LogP contribution >= 0.6 is 0 Å². The van der Waals surface area contributed by atoms with Crippen molar-refractivity contribution in [2.75, 3.05) is 0 Å². The van der Waals surface area contributed by atoms with Crippen LogP contribution < -0.4 is 0 Å². The Morgan fingerprint density at radius 1 is 0.500 bits per heavy atom. The molecule has 56 heavy (non-hydrogen) atoms. The molecule has 10 aromatic rings. The monoisotopic (exact) mass is 717 g/mol. The van der Waals surface area contributed by atoms with Crippen LogP contribution in [0.1, 0.15) is 18.7 Å². The number of hydrogen-bond donors (Lipinski definition) is 0. The zero-order valence-corrected chi connectivity index (χ0v) is 30.6. The Kier molecular flexibility index (Phi) is 7.59. The molecule has 0 unspecified atom stereocenters. The fourth-order valence-corrected chi connectivity index (χ4v) is 8.42. The standard InChI is InChI=1S/C52H35N3O/c1-4-15-34(16-5-1)43-31-39(32-44-41-21-11-13-26-49(41)56-51(43)44)55-47-24-12-10-22-42(47)50-40(23-14-25-48(50)55)35-27-29-37(30-28-35)46-33-45(36-17-6-2-7-18-36)53-52(54-46)38-19-8-3-9-20-38/h1-8,10-19,21-33H,9,20H2. The van der Waals surface area contributed by atoms with E-state index in [4.69, 9.17) is 14.4 Å². The van der Waals surface area contributed by atoms with E-state index in [0.29, 0.717) is 0 Å². The Hall–Kier alpha value is -7.30. The van der Waals surface area contributed by atoms with Crippen molar-refractivity contribution < 1.29 is 4.42 Å². The SMILES string of the molecule is C1=CCCC(c2nc(-c3ccccc3)cc(-c3ccc(-c4cccc5c4c4ccccc4n5-c4cc(-c5ccccc5)c5oc6ccccc6c5c4)cc3)n2)=C1. The van der Waals surface area contributed by atoms with E-state index in [0.717, 1.165) is 96.5 Å². The Morgan fingerprint density at radius 2 is 1.14 bits per heavy atom. The van der Waals surface area contributed by atoms with E-state index in [1.165, 1.54) is 21.9 Å². The van der Waals surface area contributed by atoms with Crippen molar-refractivity contribution in [3.63, 3.8) is 0 Å². The van der Waals surface area contributed by atoms with Crippen LogP contribution in [-0.2, 0) is 0 Å². The van der Waals surface area contributed by atoms with Gasteiger partial charge in [-0.3, -0.25) is 0 Å². The summed E-state index contributed by atoms with van der Waals surface area (Å²) < 4.78 is 8.96. The zero-order valence-electron chi connectivity index (χ0n) is 30.6. The smallest absolute Gasteiger partial charge is 0.156 e. The minimum atomic E-state index is 0.796. The van der Waals surface area contributed by atoms with E-state index in [-0.39, 0.29) is 0 Å². The molecule has 3 heterocycles. The number of fused-ring (bicyclic) bond motifs is 6. The Balaban J connectivity index is 1.07. The number of aromatic nitrogens is 3. The second-order valence-electron chi connectivity index (χ2n) is 14.5. The van der Waals surface area contributed by atoms with Gasteiger partial charge in [0.1, 0.15) is 11.2 Å². The maximum Gasteiger partial charge on any atom is 0.156 e. The van der Waals surface area contributed by atoms with Crippen molar-refractivity contribution >= 4 is 49.3 Å². The lowest BCUT2D eigenvalue weighted by Crippen LogP contribution is -2.00. The minimum Gasteiger partial charge on any atom is -0.455 e. The van der Waals surface area contributed by atoms with Crippen LogP contribution in [0.2, 0.25) is 0 Å². The average Bonchev–Trinajstić information content (AvgIpc) is 3.83. The minimum absolute atomic E-state index is 0.796. The maximum atomic E-state index is 6.55. The van der Waals surface area contributed by atoms with Crippen molar-refractivity contribution in [2.24, 2.45) is 0 Å². The first-order valence-electron chi connectivity index (χ1n) is 19.2. The number of para-hydroxylation sites is 2. The van der Waals surface area contributed by atoms with E-state index in [2.05, 4.69) is 181 Å². The van der Waals surface area contributed by atoms with Crippen LogP contribution in [0.15, 0.2) is 193 Å². The average molecular weight is 718 g/mol. The molecule has 11 rings (SSSR count). The van der Waals surface area contributed by atoms with Gasteiger partial charge in [0.05, 0.1) is 22.4 Å². The Labute approximate surface area is 324 Å². The predicted octanol–water partition coefficient (Wildman–Crippen LogP) is 13.9. The van der Waals surface area contributed by atoms with Gasteiger partial charge in [0.25, 0.3) is 0 Å². The third-order valence-corrected chi connectivity index (χ3v) is 11.1. The van der Waals surface area contributed by atoms with Crippen molar-refractivity contribution in [3.05, 3.63) is 194 Å². The first-order chi connectivity index (χ1) is 27.8. The van der Waals surface area contributed by atoms with Crippen LogP contribution in [0.25, 0.3) is 99.8 Å². The lowest BCUT2D eigenvalue weighted by Gasteiger charge is -2.13. The number of hydrogen-bond acceptors (Lipinski definition) is 3. The number of furan rings is 1. The first kappa shape index (κ1) is 32.2. The summed E-state index contributed by atoms with van der Waals surface area (Å²) in [5, 5.41) is 4.65. The molecule has 0 bridgehead atoms. The molecule has 0 saturated carbocycles. The molecular formula is C52H35N3O. The summed E-state index contributed by atoms with van der Waals surface area (Å²) in [6.45, 7) is 0. The summed E-state index contributed by atoms with van der Waals surface area (Å²) in [5.41, 5.74) is 14.9. The molecule has 0 radical (unpaired) electrons. The molecule has 7 aromatic carbocycles. The fraction of sp³-hybridized carbons (Fsp3) is 0.0385. The fourth-order valence-electron chi connectivity index (χ4n) is 8.42. The van der Waals surface area contributed by atoms with Crippen molar-refractivity contribution in [2.45, 2.75) is 12.8 Å². The van der Waals surface area contributed by atoms with Gasteiger partial charge in [0.2, 0.25) is 0 Å². The van der Waals surface area contributed by atoms with Crippen LogP contribution in [0.4, 0.5) is 0 Å². The molecule has 264 valence electrons. The van der Waals surface area contributed by atoms with E-state index in [1.54, 1.807) is 0 Å². The van der Waals surface area contributed by atoms with Gasteiger partial charge < -0.3 is 8.98 Å². The molecule has 0 aliphatic heterocycles. The van der Waals surface area contributed by atoms with Crippen LogP contribution in [0.5, 0.6) is 0 Å². The van der Waals surface area contributed by atoms with Gasteiger partial charge in [-0.25, -0.2) is 9.97 Å². The highest BCUT2D eigenvalue weighted by atomic mass is 16.3. The van der Waals surface area contributed by atoms with Gasteiger partial charge in [-0.15, -0.1) is 0 Å². The Morgan fingerprint density at radius 3 is 1.91 bits per heavy atom. The third kappa shape index (κ3) is 5.38. The first-order valence-corrected chi connectivity index (χ1v) is 19.2. The lowest BCUT2D eigenvalue weighted by molar-refractivity contribution is 0.670. The van der Waals surface area contributed by atoms with Crippen LogP contribution in [-0.4, -0.2) is 14.5 Å². The van der Waals surface area contributed by atoms with Gasteiger partial charge in [-0.05, 0) is 71.5 Å². The summed E-state index contributed by atoms with van der Waals surface area (Å²) in [6.07, 6.45) is 8.40. The highest BCUT2D eigenvalue weighted by Crippen LogP contribution is 2.43. The summed E-state index contributed by atoms with van der Waals surface area (Å²) in [4.78, 5) is 10.2. The van der Waals surface area contributed by atoms with E-state index < -0.39 is 0 Å². The number of allylic oxidation sites excluding steroid dienone is 4. The van der Waals surface area contributed by atoms with Crippen molar-refractivity contribution in [3.8, 4) is 50.5 Å². The number of nitrogens with zero attached hydrogens (tertiary/aromatic N) is 3. The third-order valence-electron chi connectivity index (χ3n) is 11.1. The highest BCUT2D eigenvalue weighted by molar-refractivity contribution is 6.17. The number of rotatable bonds is 6. The Bertz CT molecular complexity index is 3170. The van der Waals surface area contributed by atoms with Crippen LogP contribution in [0.3, 0.4) is 0 Å².